The molecule has 0 radical (unpaired) electrons. The minimum absolute atomic E-state index is 0.0783. The summed E-state index contributed by atoms with van der Waals surface area (Å²) >= 11 is 7.46. The maximum atomic E-state index is 9.61. The lowest BCUT2D eigenvalue weighted by molar-refractivity contribution is 0.115. The maximum absolute atomic E-state index is 9.61. The number of aliphatic hydroxyl groups excluding tert-OH is 1. The summed E-state index contributed by atoms with van der Waals surface area (Å²) in [6.07, 6.45) is 5.49. The summed E-state index contributed by atoms with van der Waals surface area (Å²) in [6.45, 7) is 0. The van der Waals surface area contributed by atoms with Gasteiger partial charge in [-0.25, -0.2) is 9.97 Å². The zero-order valence-corrected chi connectivity index (χ0v) is 14.1. The summed E-state index contributed by atoms with van der Waals surface area (Å²) in [7, 11) is 0. The van der Waals surface area contributed by atoms with Crippen molar-refractivity contribution in [2.24, 2.45) is 5.73 Å². The third-order valence-corrected chi connectivity index (χ3v) is 5.07. The van der Waals surface area contributed by atoms with Gasteiger partial charge in [0.1, 0.15) is 0 Å². The van der Waals surface area contributed by atoms with Gasteiger partial charge < -0.3 is 16.2 Å². The molecule has 122 valence electrons. The molecular formula is C16H19ClN4OS. The van der Waals surface area contributed by atoms with E-state index in [0.29, 0.717) is 12.4 Å². The Kier molecular flexibility index (Phi) is 5.38. The van der Waals surface area contributed by atoms with E-state index in [9.17, 15) is 5.11 Å². The summed E-state index contributed by atoms with van der Waals surface area (Å²) in [5, 5.41) is 13.6. The lowest BCUT2D eigenvalue weighted by Gasteiger charge is -2.32. The number of halogens is 1. The van der Waals surface area contributed by atoms with Gasteiger partial charge >= 0.3 is 0 Å². The van der Waals surface area contributed by atoms with Crippen molar-refractivity contribution < 1.29 is 5.11 Å². The molecule has 1 fully saturated rings. The SMILES string of the molecule is NC1CC(O)CCC1Nc1ncc(Sc2ccc(Cl)cc2)cn1. The first-order valence-corrected chi connectivity index (χ1v) is 8.75. The average molecular weight is 351 g/mol. The Labute approximate surface area is 144 Å². The topological polar surface area (TPSA) is 84.1 Å². The molecule has 0 bridgehead atoms. The molecule has 23 heavy (non-hydrogen) atoms. The van der Waals surface area contributed by atoms with E-state index in [1.165, 1.54) is 0 Å². The number of anilines is 1. The number of hydrogen-bond donors (Lipinski definition) is 3. The molecule has 1 aromatic heterocycles. The molecule has 1 heterocycles. The van der Waals surface area contributed by atoms with E-state index < -0.39 is 0 Å². The van der Waals surface area contributed by atoms with Crippen LogP contribution in [0.5, 0.6) is 0 Å². The summed E-state index contributed by atoms with van der Waals surface area (Å²) in [6, 6.07) is 7.68. The van der Waals surface area contributed by atoms with Crippen molar-refractivity contribution in [1.29, 1.82) is 0 Å². The van der Waals surface area contributed by atoms with E-state index in [4.69, 9.17) is 17.3 Å². The van der Waals surface area contributed by atoms with Crippen LogP contribution in [0.3, 0.4) is 0 Å². The molecular weight excluding hydrogens is 332 g/mol. The van der Waals surface area contributed by atoms with Crippen LogP contribution in [0.4, 0.5) is 5.95 Å². The molecule has 0 saturated heterocycles. The van der Waals surface area contributed by atoms with Crippen LogP contribution in [0.1, 0.15) is 19.3 Å². The minimum Gasteiger partial charge on any atom is -0.393 e. The normalized spacial score (nSPS) is 24.4. The van der Waals surface area contributed by atoms with Gasteiger partial charge in [0.25, 0.3) is 0 Å². The van der Waals surface area contributed by atoms with Crippen LogP contribution in [0, 0.1) is 0 Å². The fraction of sp³-hybridized carbons (Fsp3) is 0.375. The molecule has 0 amide bonds. The Morgan fingerprint density at radius 2 is 1.83 bits per heavy atom. The van der Waals surface area contributed by atoms with Crippen molar-refractivity contribution >= 4 is 29.3 Å². The van der Waals surface area contributed by atoms with Crippen molar-refractivity contribution in [2.75, 3.05) is 5.32 Å². The number of aliphatic hydroxyl groups is 1. The standard InChI is InChI=1S/C16H19ClN4OS/c17-10-1-4-12(5-2-10)23-13-8-19-16(20-9-13)21-15-6-3-11(22)7-14(15)18/h1-2,4-5,8-9,11,14-15,22H,3,6-7,18H2,(H,19,20,21). The van der Waals surface area contributed by atoms with Crippen LogP contribution in [0.15, 0.2) is 46.5 Å². The summed E-state index contributed by atoms with van der Waals surface area (Å²) < 4.78 is 0. The van der Waals surface area contributed by atoms with Crippen molar-refractivity contribution in [1.82, 2.24) is 9.97 Å². The first-order valence-electron chi connectivity index (χ1n) is 7.56. The molecule has 0 aliphatic heterocycles. The Hall–Kier alpha value is -1.34. The first-order chi connectivity index (χ1) is 11.1. The van der Waals surface area contributed by atoms with Crippen molar-refractivity contribution in [3.8, 4) is 0 Å². The zero-order chi connectivity index (χ0) is 16.2. The molecule has 2 aromatic rings. The second kappa shape index (κ2) is 7.49. The van der Waals surface area contributed by atoms with Crippen LogP contribution in [-0.2, 0) is 0 Å². The summed E-state index contributed by atoms with van der Waals surface area (Å²) in [4.78, 5) is 10.8. The highest BCUT2D eigenvalue weighted by molar-refractivity contribution is 7.99. The van der Waals surface area contributed by atoms with Crippen LogP contribution in [-0.4, -0.2) is 33.3 Å². The number of nitrogens with two attached hydrogens (primary N) is 1. The zero-order valence-electron chi connectivity index (χ0n) is 12.5. The molecule has 0 spiro atoms. The van der Waals surface area contributed by atoms with E-state index in [1.807, 2.05) is 24.3 Å². The van der Waals surface area contributed by atoms with Crippen molar-refractivity contribution in [3.05, 3.63) is 41.7 Å². The Morgan fingerprint density at radius 1 is 1.13 bits per heavy atom. The number of aromatic nitrogens is 2. The van der Waals surface area contributed by atoms with E-state index in [-0.39, 0.29) is 18.2 Å². The van der Waals surface area contributed by atoms with Crippen molar-refractivity contribution in [3.63, 3.8) is 0 Å². The molecule has 4 N–H and O–H groups in total. The first kappa shape index (κ1) is 16.5. The van der Waals surface area contributed by atoms with Crippen LogP contribution in [0.2, 0.25) is 5.02 Å². The fourth-order valence-corrected chi connectivity index (χ4v) is 3.49. The fourth-order valence-electron chi connectivity index (χ4n) is 2.61. The molecule has 3 atom stereocenters. The van der Waals surface area contributed by atoms with Crippen LogP contribution in [0.25, 0.3) is 0 Å². The molecule has 1 aromatic carbocycles. The van der Waals surface area contributed by atoms with E-state index in [2.05, 4.69) is 15.3 Å². The maximum Gasteiger partial charge on any atom is 0.222 e. The molecule has 3 rings (SSSR count). The molecule has 1 aliphatic rings. The number of hydrogen-bond acceptors (Lipinski definition) is 6. The monoisotopic (exact) mass is 350 g/mol. The van der Waals surface area contributed by atoms with Gasteiger partial charge in [0.2, 0.25) is 5.95 Å². The minimum atomic E-state index is -0.290. The lowest BCUT2D eigenvalue weighted by Crippen LogP contribution is -2.46. The largest absolute Gasteiger partial charge is 0.393 e. The molecule has 5 nitrogen and oxygen atoms in total. The molecule has 1 saturated carbocycles. The molecule has 3 unspecified atom stereocenters. The second-order valence-corrected chi connectivity index (χ2v) is 7.26. The van der Waals surface area contributed by atoms with Gasteiger partial charge in [-0.05, 0) is 43.5 Å². The molecule has 7 heteroatoms. The number of nitrogens with one attached hydrogen (secondary N) is 1. The molecule has 1 aliphatic carbocycles. The van der Waals surface area contributed by atoms with Crippen LogP contribution < -0.4 is 11.1 Å². The van der Waals surface area contributed by atoms with Gasteiger partial charge in [-0.1, -0.05) is 23.4 Å². The quantitative estimate of drug-likeness (QED) is 0.786. The highest BCUT2D eigenvalue weighted by atomic mass is 35.5. The predicted molar refractivity (Wildman–Crippen MR) is 92.9 cm³/mol. The van der Waals surface area contributed by atoms with E-state index in [1.54, 1.807) is 24.2 Å². The van der Waals surface area contributed by atoms with Crippen LogP contribution >= 0.6 is 23.4 Å². The van der Waals surface area contributed by atoms with Gasteiger partial charge in [-0.3, -0.25) is 0 Å². The Morgan fingerprint density at radius 3 is 2.48 bits per heavy atom. The summed E-state index contributed by atoms with van der Waals surface area (Å²) in [5.41, 5.74) is 6.07. The van der Waals surface area contributed by atoms with Gasteiger partial charge in [0, 0.05) is 39.3 Å². The smallest absolute Gasteiger partial charge is 0.222 e. The van der Waals surface area contributed by atoms with E-state index in [0.717, 1.165) is 27.7 Å². The predicted octanol–water partition coefficient (Wildman–Crippen LogP) is 2.93. The van der Waals surface area contributed by atoms with Crippen molar-refractivity contribution in [2.45, 2.75) is 47.2 Å². The number of nitrogens with zero attached hydrogens (tertiary/aromatic N) is 2. The van der Waals surface area contributed by atoms with E-state index >= 15 is 0 Å². The lowest BCUT2D eigenvalue weighted by atomic mass is 9.89. The van der Waals surface area contributed by atoms with Gasteiger partial charge in [-0.2, -0.15) is 0 Å². The van der Waals surface area contributed by atoms with Gasteiger partial charge in [0.05, 0.1) is 6.10 Å². The highest BCUT2D eigenvalue weighted by Gasteiger charge is 2.27. The van der Waals surface area contributed by atoms with Gasteiger partial charge in [-0.15, -0.1) is 0 Å². The number of benzene rings is 1. The Balaban J connectivity index is 1.59. The third kappa shape index (κ3) is 4.57. The number of rotatable bonds is 4. The third-order valence-electron chi connectivity index (χ3n) is 3.86. The Bertz CT molecular complexity index is 638. The average Bonchev–Trinajstić information content (AvgIpc) is 2.54. The summed E-state index contributed by atoms with van der Waals surface area (Å²) in [5.74, 6) is 0.572. The highest BCUT2D eigenvalue weighted by Crippen LogP contribution is 2.28. The van der Waals surface area contributed by atoms with Gasteiger partial charge in [0.15, 0.2) is 0 Å². The second-order valence-electron chi connectivity index (χ2n) is 5.68.